The van der Waals surface area contributed by atoms with Gasteiger partial charge in [0.1, 0.15) is 30.6 Å². The molecule has 0 fully saturated rings. The van der Waals surface area contributed by atoms with E-state index in [4.69, 9.17) is 9.47 Å². The second-order valence-corrected chi connectivity index (χ2v) is 7.99. The third-order valence-corrected chi connectivity index (χ3v) is 5.71. The molecule has 5 rings (SSSR count). The number of Topliss-reactive ketones (excluding diaryl/α,β-unsaturated/α-hetero) is 2. The molecule has 0 N–H and O–H groups in total. The molecule has 162 valence electrons. The molecule has 0 saturated carbocycles. The Morgan fingerprint density at radius 1 is 0.545 bits per heavy atom. The Morgan fingerprint density at radius 3 is 1.42 bits per heavy atom. The lowest BCUT2D eigenvalue weighted by atomic mass is 9.94. The highest BCUT2D eigenvalue weighted by atomic mass is 16.5. The third-order valence-electron chi connectivity index (χ3n) is 5.71. The third kappa shape index (κ3) is 4.41. The standard InChI is InChI=1S/C29H22O4/c30-28-25-13-7-8-14-26(25)29(31)27(28)22-15-23(32-18-20-9-3-1-4-10-20)17-24(16-22)33-19-21-11-5-2-6-12-21/h1-17,27H,18-19H2. The predicted molar refractivity (Wildman–Crippen MR) is 126 cm³/mol. The molecule has 1 aliphatic carbocycles. The molecular weight excluding hydrogens is 412 g/mol. The summed E-state index contributed by atoms with van der Waals surface area (Å²) in [5, 5.41) is 0. The van der Waals surface area contributed by atoms with Crippen LogP contribution in [0.5, 0.6) is 11.5 Å². The van der Waals surface area contributed by atoms with Crippen molar-refractivity contribution in [2.45, 2.75) is 19.1 Å². The Hall–Kier alpha value is -4.18. The van der Waals surface area contributed by atoms with Crippen molar-refractivity contribution in [1.29, 1.82) is 0 Å². The molecule has 0 aliphatic heterocycles. The Labute approximate surface area is 192 Å². The van der Waals surface area contributed by atoms with Crippen LogP contribution in [-0.4, -0.2) is 11.6 Å². The number of carbonyl (C=O) groups is 2. The second-order valence-electron chi connectivity index (χ2n) is 7.99. The van der Waals surface area contributed by atoms with Gasteiger partial charge in [-0.25, -0.2) is 0 Å². The van der Waals surface area contributed by atoms with Gasteiger partial charge in [0.25, 0.3) is 0 Å². The molecular formula is C29H22O4. The van der Waals surface area contributed by atoms with Gasteiger partial charge in [0, 0.05) is 17.2 Å². The first-order chi connectivity index (χ1) is 16.2. The minimum atomic E-state index is -0.887. The maximum absolute atomic E-state index is 13.1. The van der Waals surface area contributed by atoms with Gasteiger partial charge in [-0.15, -0.1) is 0 Å². The molecule has 0 atom stereocenters. The molecule has 0 unspecified atom stereocenters. The lowest BCUT2D eigenvalue weighted by Gasteiger charge is -2.15. The average molecular weight is 434 g/mol. The van der Waals surface area contributed by atoms with E-state index in [0.29, 0.717) is 41.4 Å². The summed E-state index contributed by atoms with van der Waals surface area (Å²) in [5.74, 6) is -0.164. The Balaban J connectivity index is 1.45. The van der Waals surface area contributed by atoms with Crippen LogP contribution in [0.4, 0.5) is 0 Å². The number of carbonyl (C=O) groups excluding carboxylic acids is 2. The number of rotatable bonds is 7. The Kier molecular flexibility index (Phi) is 5.73. The van der Waals surface area contributed by atoms with Crippen LogP contribution in [0.1, 0.15) is 43.3 Å². The van der Waals surface area contributed by atoms with Crippen molar-refractivity contribution >= 4 is 11.6 Å². The van der Waals surface area contributed by atoms with Crippen molar-refractivity contribution in [3.63, 3.8) is 0 Å². The van der Waals surface area contributed by atoms with E-state index in [1.165, 1.54) is 0 Å². The quantitative estimate of drug-likeness (QED) is 0.335. The Morgan fingerprint density at radius 2 is 0.970 bits per heavy atom. The maximum Gasteiger partial charge on any atom is 0.178 e. The smallest absolute Gasteiger partial charge is 0.178 e. The van der Waals surface area contributed by atoms with Crippen LogP contribution in [0.2, 0.25) is 0 Å². The molecule has 0 heterocycles. The first-order valence-electron chi connectivity index (χ1n) is 10.8. The fourth-order valence-corrected chi connectivity index (χ4v) is 4.05. The van der Waals surface area contributed by atoms with E-state index in [1.807, 2.05) is 60.7 Å². The predicted octanol–water partition coefficient (Wildman–Crippen LogP) is 6.01. The van der Waals surface area contributed by atoms with Crippen LogP contribution in [0.25, 0.3) is 0 Å². The topological polar surface area (TPSA) is 52.6 Å². The molecule has 0 radical (unpaired) electrons. The normalized spacial score (nSPS) is 13.1. The number of benzene rings is 4. The van der Waals surface area contributed by atoms with Crippen molar-refractivity contribution in [3.8, 4) is 11.5 Å². The van der Waals surface area contributed by atoms with Crippen LogP contribution in [0, 0.1) is 0 Å². The first-order valence-corrected chi connectivity index (χ1v) is 10.8. The fourth-order valence-electron chi connectivity index (χ4n) is 4.05. The molecule has 0 bridgehead atoms. The molecule has 1 aliphatic rings. The van der Waals surface area contributed by atoms with Crippen molar-refractivity contribution in [1.82, 2.24) is 0 Å². The van der Waals surface area contributed by atoms with Crippen LogP contribution < -0.4 is 9.47 Å². The van der Waals surface area contributed by atoms with Gasteiger partial charge in [0.15, 0.2) is 11.6 Å². The highest BCUT2D eigenvalue weighted by molar-refractivity contribution is 6.29. The van der Waals surface area contributed by atoms with E-state index >= 15 is 0 Å². The lowest BCUT2D eigenvalue weighted by Crippen LogP contribution is -2.13. The maximum atomic E-state index is 13.1. The van der Waals surface area contributed by atoms with Crippen LogP contribution in [0.3, 0.4) is 0 Å². The van der Waals surface area contributed by atoms with Gasteiger partial charge in [-0.05, 0) is 28.8 Å². The van der Waals surface area contributed by atoms with Gasteiger partial charge in [0.05, 0.1) is 0 Å². The minimum Gasteiger partial charge on any atom is -0.489 e. The van der Waals surface area contributed by atoms with Crippen molar-refractivity contribution < 1.29 is 19.1 Å². The summed E-state index contributed by atoms with van der Waals surface area (Å²) in [4.78, 5) is 26.2. The van der Waals surface area contributed by atoms with Crippen LogP contribution in [-0.2, 0) is 13.2 Å². The van der Waals surface area contributed by atoms with Gasteiger partial charge in [-0.1, -0.05) is 84.9 Å². The van der Waals surface area contributed by atoms with Crippen LogP contribution >= 0.6 is 0 Å². The molecule has 4 aromatic rings. The van der Waals surface area contributed by atoms with E-state index < -0.39 is 5.92 Å². The van der Waals surface area contributed by atoms with Crippen molar-refractivity contribution in [2.75, 3.05) is 0 Å². The van der Waals surface area contributed by atoms with Gasteiger partial charge in [-0.2, -0.15) is 0 Å². The number of hydrogen-bond acceptors (Lipinski definition) is 4. The fraction of sp³-hybridized carbons (Fsp3) is 0.103. The first kappa shape index (κ1) is 20.7. The van der Waals surface area contributed by atoms with E-state index in [-0.39, 0.29) is 11.6 Å². The molecule has 0 spiro atoms. The summed E-state index contributed by atoms with van der Waals surface area (Å²) >= 11 is 0. The molecule has 33 heavy (non-hydrogen) atoms. The Bertz CT molecular complexity index is 1200. The van der Waals surface area contributed by atoms with Gasteiger partial charge < -0.3 is 9.47 Å². The zero-order valence-electron chi connectivity index (χ0n) is 17.9. The van der Waals surface area contributed by atoms with Gasteiger partial charge in [0.2, 0.25) is 0 Å². The summed E-state index contributed by atoms with van der Waals surface area (Å²) in [7, 11) is 0. The summed E-state index contributed by atoms with van der Waals surface area (Å²) in [6.45, 7) is 0.740. The lowest BCUT2D eigenvalue weighted by molar-refractivity contribution is 0.0890. The minimum absolute atomic E-state index is 0.190. The van der Waals surface area contributed by atoms with E-state index in [1.54, 1.807) is 42.5 Å². The van der Waals surface area contributed by atoms with Gasteiger partial charge >= 0.3 is 0 Å². The summed E-state index contributed by atoms with van der Waals surface area (Å²) in [6.07, 6.45) is 0. The highest BCUT2D eigenvalue weighted by Crippen LogP contribution is 2.37. The summed E-state index contributed by atoms with van der Waals surface area (Å²) in [5.41, 5.74) is 3.56. The molecule has 4 nitrogen and oxygen atoms in total. The molecule has 4 aromatic carbocycles. The van der Waals surface area contributed by atoms with Crippen molar-refractivity contribution in [2.24, 2.45) is 0 Å². The van der Waals surface area contributed by atoms with E-state index in [9.17, 15) is 9.59 Å². The number of ketones is 2. The number of hydrogen-bond donors (Lipinski definition) is 0. The second kappa shape index (κ2) is 9.13. The zero-order chi connectivity index (χ0) is 22.6. The van der Waals surface area contributed by atoms with E-state index in [0.717, 1.165) is 11.1 Å². The molecule has 0 aromatic heterocycles. The molecule has 0 amide bonds. The van der Waals surface area contributed by atoms with Gasteiger partial charge in [-0.3, -0.25) is 9.59 Å². The summed E-state index contributed by atoms with van der Waals surface area (Å²) < 4.78 is 12.1. The molecule has 4 heteroatoms. The molecule has 0 saturated heterocycles. The highest BCUT2D eigenvalue weighted by Gasteiger charge is 2.39. The van der Waals surface area contributed by atoms with Crippen molar-refractivity contribution in [3.05, 3.63) is 131 Å². The average Bonchev–Trinajstić information content (AvgIpc) is 3.12. The van der Waals surface area contributed by atoms with E-state index in [2.05, 4.69) is 0 Å². The monoisotopic (exact) mass is 434 g/mol. The summed E-state index contributed by atoms with van der Waals surface area (Å²) in [6, 6.07) is 32.0. The zero-order valence-corrected chi connectivity index (χ0v) is 17.9. The SMILES string of the molecule is O=C1c2ccccc2C(=O)C1c1cc(OCc2ccccc2)cc(OCc2ccccc2)c1. The number of fused-ring (bicyclic) bond motifs is 1. The number of ether oxygens (including phenoxy) is 2. The largest absolute Gasteiger partial charge is 0.489 e. The van der Waals surface area contributed by atoms with Crippen LogP contribution in [0.15, 0.2) is 103 Å².